The molecule has 0 saturated carbocycles. The first kappa shape index (κ1) is 11.6. The highest BCUT2D eigenvalue weighted by Crippen LogP contribution is 2.13. The Balaban J connectivity index is 1.67. The van der Waals surface area contributed by atoms with Gasteiger partial charge in [0.2, 0.25) is 0 Å². The van der Waals surface area contributed by atoms with Gasteiger partial charge in [-0.15, -0.1) is 0 Å². The molecule has 1 N–H and O–H groups in total. The minimum atomic E-state index is 0.264. The van der Waals surface area contributed by atoms with Crippen LogP contribution in [0.4, 0.5) is 0 Å². The second-order valence-corrected chi connectivity index (χ2v) is 3.97. The fourth-order valence-electron chi connectivity index (χ4n) is 1.75. The molecule has 0 bridgehead atoms. The van der Waals surface area contributed by atoms with Crippen molar-refractivity contribution in [3.63, 3.8) is 0 Å². The molecule has 5 nitrogen and oxygen atoms in total. The molecule has 1 aliphatic heterocycles. The molecule has 0 aromatic carbocycles. The van der Waals surface area contributed by atoms with Crippen molar-refractivity contribution in [1.82, 2.24) is 10.5 Å². The van der Waals surface area contributed by atoms with Gasteiger partial charge in [0.15, 0.2) is 5.76 Å². The molecule has 16 heavy (non-hydrogen) atoms. The zero-order valence-corrected chi connectivity index (χ0v) is 9.57. The van der Waals surface area contributed by atoms with Crippen LogP contribution >= 0.6 is 0 Å². The van der Waals surface area contributed by atoms with Gasteiger partial charge in [-0.2, -0.15) is 0 Å². The van der Waals surface area contributed by atoms with E-state index in [1.165, 1.54) is 0 Å². The highest BCUT2D eigenvalue weighted by atomic mass is 16.5. The van der Waals surface area contributed by atoms with E-state index >= 15 is 0 Å². The third kappa shape index (κ3) is 3.30. The molecule has 2 heterocycles. The van der Waals surface area contributed by atoms with Crippen molar-refractivity contribution >= 4 is 0 Å². The van der Waals surface area contributed by atoms with Crippen molar-refractivity contribution in [2.45, 2.75) is 32.1 Å². The maximum atomic E-state index is 5.52. The van der Waals surface area contributed by atoms with E-state index < -0.39 is 0 Å². The van der Waals surface area contributed by atoms with Crippen LogP contribution in [-0.4, -0.2) is 31.5 Å². The first-order valence-electron chi connectivity index (χ1n) is 5.67. The molecule has 0 aliphatic carbocycles. The Morgan fingerprint density at radius 1 is 1.62 bits per heavy atom. The van der Waals surface area contributed by atoms with E-state index in [0.717, 1.165) is 37.4 Å². The van der Waals surface area contributed by atoms with Gasteiger partial charge in [-0.25, -0.2) is 0 Å². The Hall–Kier alpha value is -0.910. The minimum absolute atomic E-state index is 0.264. The van der Waals surface area contributed by atoms with Crippen LogP contribution in [0, 0.1) is 0 Å². The van der Waals surface area contributed by atoms with Crippen LogP contribution < -0.4 is 5.32 Å². The number of nitrogens with one attached hydrogen (secondary N) is 1. The van der Waals surface area contributed by atoms with Crippen molar-refractivity contribution < 1.29 is 14.0 Å². The monoisotopic (exact) mass is 226 g/mol. The summed E-state index contributed by atoms with van der Waals surface area (Å²) in [6.45, 7) is 2.69. The average molecular weight is 226 g/mol. The second kappa shape index (κ2) is 5.98. The van der Waals surface area contributed by atoms with E-state index in [9.17, 15) is 0 Å². The molecular formula is C11H18N2O3. The summed E-state index contributed by atoms with van der Waals surface area (Å²) in [5.74, 6) is 0.767. The highest BCUT2D eigenvalue weighted by molar-refractivity contribution is 5.03. The largest absolute Gasteiger partial charge is 0.376 e. The summed E-state index contributed by atoms with van der Waals surface area (Å²) in [6, 6.07) is 1.91. The summed E-state index contributed by atoms with van der Waals surface area (Å²) in [5.41, 5.74) is 0.901. The summed E-state index contributed by atoms with van der Waals surface area (Å²) in [6.07, 6.45) is 2.50. The number of rotatable bonds is 6. The van der Waals surface area contributed by atoms with Gasteiger partial charge >= 0.3 is 0 Å². The average Bonchev–Trinajstić information content (AvgIpc) is 2.90. The topological polar surface area (TPSA) is 56.5 Å². The Kier molecular flexibility index (Phi) is 4.33. The van der Waals surface area contributed by atoms with Crippen LogP contribution in [0.25, 0.3) is 0 Å². The van der Waals surface area contributed by atoms with Crippen molar-refractivity contribution in [1.29, 1.82) is 0 Å². The molecule has 1 unspecified atom stereocenters. The lowest BCUT2D eigenvalue weighted by atomic mass is 10.2. The van der Waals surface area contributed by atoms with Crippen molar-refractivity contribution in [3.8, 4) is 0 Å². The van der Waals surface area contributed by atoms with Crippen LogP contribution in [0.1, 0.15) is 24.3 Å². The number of aromatic nitrogens is 1. The zero-order valence-electron chi connectivity index (χ0n) is 9.57. The predicted molar refractivity (Wildman–Crippen MR) is 57.9 cm³/mol. The van der Waals surface area contributed by atoms with Gasteiger partial charge in [0, 0.05) is 19.2 Å². The molecule has 1 saturated heterocycles. The molecule has 5 heteroatoms. The van der Waals surface area contributed by atoms with Gasteiger partial charge in [-0.1, -0.05) is 5.16 Å². The number of hydrogen-bond acceptors (Lipinski definition) is 5. The first-order valence-corrected chi connectivity index (χ1v) is 5.67. The van der Waals surface area contributed by atoms with Gasteiger partial charge in [0.1, 0.15) is 6.61 Å². The summed E-state index contributed by atoms with van der Waals surface area (Å²) >= 11 is 0. The minimum Gasteiger partial charge on any atom is -0.376 e. The maximum absolute atomic E-state index is 5.52. The SMILES string of the molecule is CNCc1cc(COCC2CCCO2)on1. The van der Waals surface area contributed by atoms with E-state index in [-0.39, 0.29) is 6.10 Å². The molecule has 0 radical (unpaired) electrons. The van der Waals surface area contributed by atoms with Gasteiger partial charge in [0.25, 0.3) is 0 Å². The maximum Gasteiger partial charge on any atom is 0.162 e. The normalized spacial score (nSPS) is 20.4. The van der Waals surface area contributed by atoms with Crippen LogP contribution in [-0.2, 0) is 22.6 Å². The predicted octanol–water partition coefficient (Wildman–Crippen LogP) is 1.09. The standard InChI is InChI=1S/C11H18N2O3/c1-12-6-9-5-11(16-13-9)8-14-7-10-3-2-4-15-10/h5,10,12H,2-4,6-8H2,1H3. The Morgan fingerprint density at radius 3 is 3.31 bits per heavy atom. The zero-order chi connectivity index (χ0) is 11.2. The number of nitrogens with zero attached hydrogens (tertiary/aromatic N) is 1. The van der Waals surface area contributed by atoms with E-state index in [2.05, 4.69) is 10.5 Å². The van der Waals surface area contributed by atoms with E-state index in [4.69, 9.17) is 14.0 Å². The van der Waals surface area contributed by atoms with E-state index in [1.807, 2.05) is 13.1 Å². The third-order valence-corrected chi connectivity index (χ3v) is 2.54. The molecule has 90 valence electrons. The summed E-state index contributed by atoms with van der Waals surface area (Å²) in [4.78, 5) is 0. The van der Waals surface area contributed by atoms with Gasteiger partial charge in [-0.3, -0.25) is 0 Å². The molecule has 1 aliphatic rings. The molecule has 1 aromatic rings. The highest BCUT2D eigenvalue weighted by Gasteiger charge is 2.15. The first-order chi connectivity index (χ1) is 7.88. The van der Waals surface area contributed by atoms with Crippen LogP contribution in [0.15, 0.2) is 10.6 Å². The molecule has 1 fully saturated rings. The fourth-order valence-corrected chi connectivity index (χ4v) is 1.75. The molecule has 0 amide bonds. The fraction of sp³-hybridized carbons (Fsp3) is 0.727. The van der Waals surface area contributed by atoms with Gasteiger partial charge in [-0.05, 0) is 19.9 Å². The van der Waals surface area contributed by atoms with Crippen LogP contribution in [0.5, 0.6) is 0 Å². The third-order valence-electron chi connectivity index (χ3n) is 2.54. The molecule has 0 spiro atoms. The lowest BCUT2D eigenvalue weighted by molar-refractivity contribution is 0.00453. The van der Waals surface area contributed by atoms with Gasteiger partial charge in [0.05, 0.1) is 18.4 Å². The second-order valence-electron chi connectivity index (χ2n) is 3.97. The summed E-state index contributed by atoms with van der Waals surface area (Å²) in [7, 11) is 1.88. The van der Waals surface area contributed by atoms with Crippen LogP contribution in [0.3, 0.4) is 0 Å². The quantitative estimate of drug-likeness (QED) is 0.787. The molecule has 2 rings (SSSR count). The molecule has 1 aromatic heterocycles. The van der Waals surface area contributed by atoms with Crippen molar-refractivity contribution in [2.75, 3.05) is 20.3 Å². The van der Waals surface area contributed by atoms with Crippen molar-refractivity contribution in [3.05, 3.63) is 17.5 Å². The summed E-state index contributed by atoms with van der Waals surface area (Å²) < 4.78 is 16.1. The lowest BCUT2D eigenvalue weighted by Gasteiger charge is -2.08. The molecular weight excluding hydrogens is 208 g/mol. The number of hydrogen-bond donors (Lipinski definition) is 1. The van der Waals surface area contributed by atoms with Crippen LogP contribution in [0.2, 0.25) is 0 Å². The summed E-state index contributed by atoms with van der Waals surface area (Å²) in [5, 5.41) is 6.92. The smallest absolute Gasteiger partial charge is 0.162 e. The number of ether oxygens (including phenoxy) is 2. The van der Waals surface area contributed by atoms with Gasteiger partial charge < -0.3 is 19.3 Å². The van der Waals surface area contributed by atoms with E-state index in [0.29, 0.717) is 13.2 Å². The Morgan fingerprint density at radius 2 is 2.56 bits per heavy atom. The Bertz CT molecular complexity index is 308. The Labute approximate surface area is 95.1 Å². The molecule has 1 atom stereocenters. The van der Waals surface area contributed by atoms with Crippen molar-refractivity contribution in [2.24, 2.45) is 0 Å². The van der Waals surface area contributed by atoms with E-state index in [1.54, 1.807) is 0 Å². The lowest BCUT2D eigenvalue weighted by Crippen LogP contribution is -2.13.